The van der Waals surface area contributed by atoms with Gasteiger partial charge in [0.1, 0.15) is 18.1 Å². The van der Waals surface area contributed by atoms with Crippen LogP contribution in [0.2, 0.25) is 0 Å². The molecule has 0 aliphatic carbocycles. The normalized spacial score (nSPS) is 12.9. The number of aliphatic carboxylic acids is 3. The molecule has 13 heteroatoms. The minimum Gasteiger partial charge on any atom is -0.480 e. The summed E-state index contributed by atoms with van der Waals surface area (Å²) in [5.74, 6) is -3.84. The van der Waals surface area contributed by atoms with Crippen molar-refractivity contribution in [3.05, 3.63) is 0 Å². The maximum atomic E-state index is 10.1. The number of rotatable bonds is 11. The fraction of sp³-hybridized carbons (Fsp3) is 0.688. The second kappa shape index (κ2) is 17.3. The summed E-state index contributed by atoms with van der Waals surface area (Å²) in [5, 5.41) is 24.7. The first-order valence-corrected chi connectivity index (χ1v) is 8.63. The third-order valence-corrected chi connectivity index (χ3v) is 3.08. The van der Waals surface area contributed by atoms with Gasteiger partial charge < -0.3 is 44.0 Å². The Morgan fingerprint density at radius 3 is 1.07 bits per heavy atom. The molecule has 0 radical (unpaired) electrons. The Kier molecular flexibility index (Phi) is 18.5. The third kappa shape index (κ3) is 25.2. The molecule has 0 rings (SSSR count). The molecule has 0 aromatic carbocycles. The highest BCUT2D eigenvalue weighted by molar-refractivity contribution is 5.77. The summed E-state index contributed by atoms with van der Waals surface area (Å²) in [7, 11) is 0. The van der Waals surface area contributed by atoms with E-state index in [1.165, 1.54) is 0 Å². The minimum absolute atomic E-state index is 0.0213. The van der Waals surface area contributed by atoms with E-state index in [2.05, 4.69) is 0 Å². The van der Waals surface area contributed by atoms with Crippen LogP contribution in [0, 0.1) is 5.92 Å². The molecule has 170 valence electrons. The van der Waals surface area contributed by atoms with Crippen molar-refractivity contribution in [1.82, 2.24) is 0 Å². The van der Waals surface area contributed by atoms with Gasteiger partial charge in [-0.25, -0.2) is 0 Å². The molecule has 13 nitrogen and oxygen atoms in total. The van der Waals surface area contributed by atoms with Crippen molar-refractivity contribution in [2.24, 2.45) is 34.6 Å². The number of carbonyl (C=O) groups excluding carboxylic acids is 2. The molecule has 0 aromatic heterocycles. The SMILES string of the molecule is CC(C)C[C@H](N)C(=O)O.NC(=O)CC[C@H](N)C(=O)O.NC(=O)CC[C@H](N)C(=O)O. The van der Waals surface area contributed by atoms with Crippen LogP contribution in [0.5, 0.6) is 0 Å². The highest BCUT2D eigenvalue weighted by atomic mass is 16.4. The molecule has 13 N–H and O–H groups in total. The second-order valence-electron chi connectivity index (χ2n) is 6.47. The first kappa shape index (κ1) is 30.9. The summed E-state index contributed by atoms with van der Waals surface area (Å²) >= 11 is 0. The van der Waals surface area contributed by atoms with Gasteiger partial charge in [-0.15, -0.1) is 0 Å². The summed E-state index contributed by atoms with van der Waals surface area (Å²) < 4.78 is 0. The molecule has 3 atom stereocenters. The average molecular weight is 423 g/mol. The van der Waals surface area contributed by atoms with Crippen molar-refractivity contribution in [2.45, 2.75) is 64.1 Å². The van der Waals surface area contributed by atoms with Crippen LogP contribution in [0.1, 0.15) is 46.0 Å². The van der Waals surface area contributed by atoms with Crippen LogP contribution < -0.4 is 28.7 Å². The van der Waals surface area contributed by atoms with Crippen molar-refractivity contribution < 1.29 is 39.3 Å². The molecule has 29 heavy (non-hydrogen) atoms. The summed E-state index contributed by atoms with van der Waals surface area (Å²) in [5.41, 5.74) is 24.8. The van der Waals surface area contributed by atoms with E-state index < -0.39 is 47.8 Å². The van der Waals surface area contributed by atoms with Gasteiger partial charge in [0, 0.05) is 12.8 Å². The van der Waals surface area contributed by atoms with Gasteiger partial charge in [-0.05, 0) is 25.2 Å². The molecule has 0 aliphatic rings. The third-order valence-electron chi connectivity index (χ3n) is 3.08. The van der Waals surface area contributed by atoms with Crippen LogP contribution >= 0.6 is 0 Å². The fourth-order valence-corrected chi connectivity index (χ4v) is 1.45. The van der Waals surface area contributed by atoms with Gasteiger partial charge in [0.05, 0.1) is 0 Å². The standard InChI is InChI=1S/C6H13NO2.2C5H10N2O3/c1-4(2)3-5(7)6(8)9;2*6-3(5(9)10)1-2-4(7)8/h4-5H,3,7H2,1-2H3,(H,8,9);2*3H,1-2,6H2,(H2,7,8)(H,9,10)/t5-;2*3-/m000/s1. The van der Waals surface area contributed by atoms with Gasteiger partial charge in [-0.3, -0.25) is 24.0 Å². The van der Waals surface area contributed by atoms with E-state index in [1.54, 1.807) is 0 Å². The number of amides is 2. The van der Waals surface area contributed by atoms with Crippen molar-refractivity contribution in [3.63, 3.8) is 0 Å². The molecule has 0 aromatic rings. The Hall–Kier alpha value is -2.77. The number of carboxylic acid groups (broad SMARTS) is 3. The van der Waals surface area contributed by atoms with Crippen LogP contribution in [0.3, 0.4) is 0 Å². The predicted molar refractivity (Wildman–Crippen MR) is 103 cm³/mol. The van der Waals surface area contributed by atoms with E-state index in [1.807, 2.05) is 13.8 Å². The maximum Gasteiger partial charge on any atom is 0.320 e. The summed E-state index contributed by atoms with van der Waals surface area (Å²) in [6.45, 7) is 3.89. The molecule has 0 fully saturated rings. The van der Waals surface area contributed by atoms with E-state index in [4.69, 9.17) is 44.0 Å². The van der Waals surface area contributed by atoms with Gasteiger partial charge in [0.15, 0.2) is 0 Å². The van der Waals surface area contributed by atoms with Crippen molar-refractivity contribution in [2.75, 3.05) is 0 Å². The van der Waals surface area contributed by atoms with Crippen LogP contribution in [0.25, 0.3) is 0 Å². The fourth-order valence-electron chi connectivity index (χ4n) is 1.45. The molecule has 0 bridgehead atoms. The number of nitrogens with two attached hydrogens (primary N) is 5. The minimum atomic E-state index is -1.11. The Morgan fingerprint density at radius 1 is 0.655 bits per heavy atom. The number of hydrogen-bond donors (Lipinski definition) is 8. The lowest BCUT2D eigenvalue weighted by molar-refractivity contribution is -0.139. The van der Waals surface area contributed by atoms with E-state index in [0.29, 0.717) is 12.3 Å². The van der Waals surface area contributed by atoms with Gasteiger partial charge in [-0.1, -0.05) is 13.8 Å². The second-order valence-corrected chi connectivity index (χ2v) is 6.47. The monoisotopic (exact) mass is 423 g/mol. The van der Waals surface area contributed by atoms with Crippen molar-refractivity contribution in [3.8, 4) is 0 Å². The van der Waals surface area contributed by atoms with E-state index in [-0.39, 0.29) is 25.7 Å². The van der Waals surface area contributed by atoms with Gasteiger partial charge >= 0.3 is 17.9 Å². The number of hydrogen-bond acceptors (Lipinski definition) is 8. The van der Waals surface area contributed by atoms with Gasteiger partial charge in [-0.2, -0.15) is 0 Å². The lowest BCUT2D eigenvalue weighted by Crippen LogP contribution is -2.31. The Labute approximate surface area is 168 Å². The van der Waals surface area contributed by atoms with Crippen LogP contribution in [-0.2, 0) is 24.0 Å². The van der Waals surface area contributed by atoms with E-state index in [9.17, 15) is 24.0 Å². The smallest absolute Gasteiger partial charge is 0.320 e. The first-order chi connectivity index (χ1) is 13.1. The average Bonchev–Trinajstić information content (AvgIpc) is 2.57. The molecule has 0 saturated carbocycles. The van der Waals surface area contributed by atoms with Crippen LogP contribution in [0.4, 0.5) is 0 Å². The Morgan fingerprint density at radius 2 is 0.931 bits per heavy atom. The molecule has 0 spiro atoms. The summed E-state index contributed by atoms with van der Waals surface area (Å²) in [4.78, 5) is 50.4. The largest absolute Gasteiger partial charge is 0.480 e. The molecular weight excluding hydrogens is 390 g/mol. The molecule has 2 amide bonds. The Balaban J connectivity index is -0.000000350. The molecule has 0 heterocycles. The highest BCUT2D eigenvalue weighted by Crippen LogP contribution is 2.01. The zero-order chi connectivity index (χ0) is 23.7. The predicted octanol–water partition coefficient (Wildman–Crippen LogP) is -2.23. The quantitative estimate of drug-likeness (QED) is 0.176. The highest BCUT2D eigenvalue weighted by Gasteiger charge is 2.13. The lowest BCUT2D eigenvalue weighted by atomic mass is 10.1. The summed E-state index contributed by atoms with van der Waals surface area (Å²) in [6, 6.07) is -2.65. The number of carboxylic acids is 3. The van der Waals surface area contributed by atoms with Crippen LogP contribution in [0.15, 0.2) is 0 Å². The zero-order valence-electron chi connectivity index (χ0n) is 16.6. The number of primary amides is 2. The van der Waals surface area contributed by atoms with Crippen LogP contribution in [-0.4, -0.2) is 63.2 Å². The molecule has 0 aliphatic heterocycles. The number of carbonyl (C=O) groups is 5. The van der Waals surface area contributed by atoms with E-state index >= 15 is 0 Å². The maximum absolute atomic E-state index is 10.1. The van der Waals surface area contributed by atoms with Gasteiger partial charge in [0.25, 0.3) is 0 Å². The first-order valence-electron chi connectivity index (χ1n) is 8.63. The summed E-state index contributed by atoms with van der Waals surface area (Å²) in [6.07, 6.45) is 0.797. The van der Waals surface area contributed by atoms with E-state index in [0.717, 1.165) is 0 Å². The lowest BCUT2D eigenvalue weighted by Gasteiger charge is -2.07. The molecular formula is C16H33N5O8. The molecule has 0 saturated heterocycles. The zero-order valence-corrected chi connectivity index (χ0v) is 16.6. The van der Waals surface area contributed by atoms with Crippen molar-refractivity contribution >= 4 is 29.7 Å². The topological polar surface area (TPSA) is 276 Å². The molecule has 0 unspecified atom stereocenters. The van der Waals surface area contributed by atoms with Crippen molar-refractivity contribution in [1.29, 1.82) is 0 Å². The Bertz CT molecular complexity index is 507. The van der Waals surface area contributed by atoms with Gasteiger partial charge in [0.2, 0.25) is 11.8 Å².